The molecule has 100 valence electrons. The lowest BCUT2D eigenvalue weighted by Crippen LogP contribution is -2.29. The average Bonchev–Trinajstić information content (AvgIpc) is 2.35. The SMILES string of the molecule is CSc1cc(C(=O)N(C)CCC(C)O)ccc1F. The number of nitrogens with zero attached hydrogens (tertiary/aromatic N) is 1. The van der Waals surface area contributed by atoms with Crippen molar-refractivity contribution in [2.24, 2.45) is 0 Å². The summed E-state index contributed by atoms with van der Waals surface area (Å²) in [4.78, 5) is 14.0. The first-order valence-corrected chi connectivity index (χ1v) is 6.95. The van der Waals surface area contributed by atoms with Crippen molar-refractivity contribution < 1.29 is 14.3 Å². The van der Waals surface area contributed by atoms with E-state index in [-0.39, 0.29) is 11.7 Å². The normalized spacial score (nSPS) is 12.3. The summed E-state index contributed by atoms with van der Waals surface area (Å²) in [6, 6.07) is 4.35. The lowest BCUT2D eigenvalue weighted by atomic mass is 10.2. The van der Waals surface area contributed by atoms with E-state index in [0.717, 1.165) is 0 Å². The van der Waals surface area contributed by atoms with Crippen molar-refractivity contribution in [3.63, 3.8) is 0 Å². The number of carbonyl (C=O) groups excluding carboxylic acids is 1. The third-order valence-electron chi connectivity index (χ3n) is 2.63. The third-order valence-corrected chi connectivity index (χ3v) is 3.38. The molecule has 0 aliphatic rings. The number of aliphatic hydroxyl groups excluding tert-OH is 1. The van der Waals surface area contributed by atoms with Crippen LogP contribution < -0.4 is 0 Å². The van der Waals surface area contributed by atoms with Gasteiger partial charge in [-0.1, -0.05) is 0 Å². The Kier molecular flexibility index (Phi) is 5.62. The van der Waals surface area contributed by atoms with Crippen molar-refractivity contribution in [2.45, 2.75) is 24.3 Å². The maximum Gasteiger partial charge on any atom is 0.253 e. The Morgan fingerprint density at radius 2 is 2.22 bits per heavy atom. The van der Waals surface area contributed by atoms with Crippen LogP contribution >= 0.6 is 11.8 Å². The molecule has 1 aromatic rings. The van der Waals surface area contributed by atoms with E-state index in [9.17, 15) is 14.3 Å². The van der Waals surface area contributed by atoms with Crippen molar-refractivity contribution in [1.29, 1.82) is 0 Å². The molecular formula is C13H18FNO2S. The molecule has 5 heteroatoms. The first-order valence-electron chi connectivity index (χ1n) is 5.72. The van der Waals surface area contributed by atoms with Gasteiger partial charge in [0.1, 0.15) is 5.82 Å². The Labute approximate surface area is 111 Å². The molecule has 0 aliphatic heterocycles. The van der Waals surface area contributed by atoms with Crippen molar-refractivity contribution in [3.8, 4) is 0 Å². The number of halogens is 1. The van der Waals surface area contributed by atoms with E-state index < -0.39 is 6.10 Å². The molecule has 0 aliphatic carbocycles. The van der Waals surface area contributed by atoms with E-state index in [2.05, 4.69) is 0 Å². The zero-order chi connectivity index (χ0) is 13.7. The standard InChI is InChI=1S/C13H18FNO2S/c1-9(16)6-7-15(2)13(17)10-4-5-11(14)12(8-10)18-3/h4-5,8-9,16H,6-7H2,1-3H3. The molecule has 1 unspecified atom stereocenters. The number of benzene rings is 1. The molecule has 1 rings (SSSR count). The van der Waals surface area contributed by atoms with Crippen molar-refractivity contribution in [2.75, 3.05) is 19.8 Å². The predicted octanol–water partition coefficient (Wildman–Crippen LogP) is 2.39. The van der Waals surface area contributed by atoms with Gasteiger partial charge in [0.25, 0.3) is 5.91 Å². The second-order valence-corrected chi connectivity index (χ2v) is 5.06. The summed E-state index contributed by atoms with van der Waals surface area (Å²) in [6.07, 6.45) is 1.86. The molecule has 1 aromatic carbocycles. The van der Waals surface area contributed by atoms with Crippen LogP contribution in [-0.4, -0.2) is 41.9 Å². The summed E-state index contributed by atoms with van der Waals surface area (Å²) in [7, 11) is 1.67. The van der Waals surface area contributed by atoms with Gasteiger partial charge in [-0.15, -0.1) is 11.8 Å². The predicted molar refractivity (Wildman–Crippen MR) is 71.4 cm³/mol. The van der Waals surface area contributed by atoms with E-state index in [1.807, 2.05) is 0 Å². The number of rotatable bonds is 5. The van der Waals surface area contributed by atoms with Crippen LogP contribution in [0.5, 0.6) is 0 Å². The van der Waals surface area contributed by atoms with Gasteiger partial charge < -0.3 is 10.0 Å². The topological polar surface area (TPSA) is 40.5 Å². The minimum Gasteiger partial charge on any atom is -0.393 e. The third kappa shape index (κ3) is 3.99. The van der Waals surface area contributed by atoms with E-state index >= 15 is 0 Å². The molecule has 0 aromatic heterocycles. The molecule has 0 saturated carbocycles. The number of hydrogen-bond donors (Lipinski definition) is 1. The minimum absolute atomic E-state index is 0.161. The van der Waals surface area contributed by atoms with Crippen LogP contribution in [0.25, 0.3) is 0 Å². The van der Waals surface area contributed by atoms with Crippen LogP contribution in [0.15, 0.2) is 23.1 Å². The van der Waals surface area contributed by atoms with Crippen molar-refractivity contribution in [1.82, 2.24) is 4.90 Å². The lowest BCUT2D eigenvalue weighted by molar-refractivity contribution is 0.0768. The Balaban J connectivity index is 2.77. The van der Waals surface area contributed by atoms with Gasteiger partial charge in [-0.3, -0.25) is 4.79 Å². The first-order chi connectivity index (χ1) is 8.45. The highest BCUT2D eigenvalue weighted by Crippen LogP contribution is 2.21. The lowest BCUT2D eigenvalue weighted by Gasteiger charge is -2.18. The smallest absolute Gasteiger partial charge is 0.253 e. The highest BCUT2D eigenvalue weighted by atomic mass is 32.2. The summed E-state index contributed by atoms with van der Waals surface area (Å²) in [5, 5.41) is 9.18. The molecule has 0 saturated heterocycles. The molecule has 1 N–H and O–H groups in total. The number of thioether (sulfide) groups is 1. The van der Waals surface area contributed by atoms with Crippen LogP contribution in [-0.2, 0) is 0 Å². The molecule has 1 atom stereocenters. The van der Waals surface area contributed by atoms with Gasteiger partial charge in [0.05, 0.1) is 6.10 Å². The van der Waals surface area contributed by atoms with E-state index in [4.69, 9.17) is 0 Å². The number of aliphatic hydroxyl groups is 1. The van der Waals surface area contributed by atoms with Crippen LogP contribution in [0.1, 0.15) is 23.7 Å². The molecule has 0 heterocycles. The quantitative estimate of drug-likeness (QED) is 0.836. The van der Waals surface area contributed by atoms with Gasteiger partial charge in [0.15, 0.2) is 0 Å². The number of amides is 1. The summed E-state index contributed by atoms with van der Waals surface area (Å²) in [6.45, 7) is 2.16. The zero-order valence-corrected chi connectivity index (χ0v) is 11.6. The number of hydrogen-bond acceptors (Lipinski definition) is 3. The van der Waals surface area contributed by atoms with Crippen LogP contribution in [0.2, 0.25) is 0 Å². The van der Waals surface area contributed by atoms with Gasteiger partial charge in [0.2, 0.25) is 0 Å². The summed E-state index contributed by atoms with van der Waals surface area (Å²) in [5.41, 5.74) is 0.467. The maximum atomic E-state index is 13.3. The Bertz CT molecular complexity index is 423. The van der Waals surface area contributed by atoms with E-state index in [1.54, 1.807) is 26.3 Å². The molecule has 3 nitrogen and oxygen atoms in total. The monoisotopic (exact) mass is 271 g/mol. The molecule has 1 amide bonds. The van der Waals surface area contributed by atoms with Gasteiger partial charge >= 0.3 is 0 Å². The summed E-state index contributed by atoms with van der Waals surface area (Å²) >= 11 is 1.27. The molecule has 18 heavy (non-hydrogen) atoms. The van der Waals surface area contributed by atoms with E-state index in [1.165, 1.54) is 28.8 Å². The summed E-state index contributed by atoms with van der Waals surface area (Å²) < 4.78 is 13.3. The van der Waals surface area contributed by atoms with Crippen LogP contribution in [0.4, 0.5) is 4.39 Å². The average molecular weight is 271 g/mol. The molecule has 0 fully saturated rings. The van der Waals surface area contributed by atoms with Gasteiger partial charge in [-0.25, -0.2) is 4.39 Å². The van der Waals surface area contributed by atoms with Crippen LogP contribution in [0, 0.1) is 5.82 Å². The molecular weight excluding hydrogens is 253 g/mol. The van der Waals surface area contributed by atoms with Gasteiger partial charge in [0, 0.05) is 24.1 Å². The minimum atomic E-state index is -0.435. The molecule has 0 radical (unpaired) electrons. The van der Waals surface area contributed by atoms with Crippen molar-refractivity contribution >= 4 is 17.7 Å². The highest BCUT2D eigenvalue weighted by molar-refractivity contribution is 7.98. The second kappa shape index (κ2) is 6.75. The fourth-order valence-corrected chi connectivity index (χ4v) is 2.00. The maximum absolute atomic E-state index is 13.3. The largest absolute Gasteiger partial charge is 0.393 e. The molecule has 0 spiro atoms. The van der Waals surface area contributed by atoms with E-state index in [0.29, 0.717) is 23.4 Å². The fraction of sp³-hybridized carbons (Fsp3) is 0.462. The van der Waals surface area contributed by atoms with Gasteiger partial charge in [-0.2, -0.15) is 0 Å². The van der Waals surface area contributed by atoms with Crippen molar-refractivity contribution in [3.05, 3.63) is 29.6 Å². The summed E-state index contributed by atoms with van der Waals surface area (Å²) in [5.74, 6) is -0.475. The fourth-order valence-electron chi connectivity index (χ4n) is 1.50. The second-order valence-electron chi connectivity index (χ2n) is 4.21. The Morgan fingerprint density at radius 3 is 2.78 bits per heavy atom. The zero-order valence-electron chi connectivity index (χ0n) is 10.8. The van der Waals surface area contributed by atoms with Gasteiger partial charge in [-0.05, 0) is 37.8 Å². The Hall–Kier alpha value is -1.07. The first kappa shape index (κ1) is 15.0. The molecule has 0 bridgehead atoms. The van der Waals surface area contributed by atoms with Crippen LogP contribution in [0.3, 0.4) is 0 Å². The number of carbonyl (C=O) groups is 1. The highest BCUT2D eigenvalue weighted by Gasteiger charge is 2.14. The Morgan fingerprint density at radius 1 is 1.56 bits per heavy atom.